The van der Waals surface area contributed by atoms with Crippen LogP contribution in [0, 0.1) is 0 Å². The Labute approximate surface area is 297 Å². The first-order valence-corrected chi connectivity index (χ1v) is 17.8. The number of hydrogen-bond acceptors (Lipinski definition) is 7. The van der Waals surface area contributed by atoms with Crippen LogP contribution in [-0.2, 0) is 32.0 Å². The fraction of sp³-hybridized carbons (Fsp3) is 0.263. The van der Waals surface area contributed by atoms with E-state index in [2.05, 4.69) is 0 Å². The number of esters is 2. The average Bonchev–Trinajstić information content (AvgIpc) is 3.79. The molecule has 4 aromatic carbocycles. The largest absolute Gasteiger partial charge is 0.426 e. The maximum atomic E-state index is 13.8. The highest BCUT2D eigenvalue weighted by Gasteiger charge is 2.36. The van der Waals surface area contributed by atoms with Gasteiger partial charge < -0.3 is 19.3 Å². The Morgan fingerprint density at radius 3 is 1.41 bits per heavy atom. The number of carbonyl (C=O) groups is 4. The average molecular weight is 716 g/mol. The number of halogens is 2. The molecule has 2 aliphatic heterocycles. The van der Waals surface area contributed by atoms with Crippen molar-refractivity contribution >= 4 is 91.2 Å². The van der Waals surface area contributed by atoms with Gasteiger partial charge in [-0.05, 0) is 34.0 Å². The van der Waals surface area contributed by atoms with Crippen molar-refractivity contribution in [2.45, 2.75) is 38.5 Å². The summed E-state index contributed by atoms with van der Waals surface area (Å²) in [5.41, 5.74) is 3.33. The molecule has 1 aromatic heterocycles. The van der Waals surface area contributed by atoms with Crippen molar-refractivity contribution in [3.05, 3.63) is 93.7 Å². The molecular weight excluding hydrogens is 683 g/mol. The number of carbonyl (C=O) groups excluding carboxylic acids is 4. The Kier molecular flexibility index (Phi) is 9.09. The number of thiophene rings is 1. The molecule has 0 bridgehead atoms. The Balaban J connectivity index is 1.12. The number of hydrogen-bond donors (Lipinski definition) is 0. The number of nitrogens with zero attached hydrogens (tertiary/aromatic N) is 2. The molecule has 2 atom stereocenters. The van der Waals surface area contributed by atoms with E-state index in [4.69, 9.17) is 32.7 Å². The number of ether oxygens (including phenoxy) is 2. The fourth-order valence-corrected chi connectivity index (χ4v) is 8.63. The van der Waals surface area contributed by atoms with Crippen LogP contribution in [0.5, 0.6) is 11.5 Å². The Hall–Kier alpha value is -4.44. The van der Waals surface area contributed by atoms with Crippen LogP contribution in [0.2, 0.25) is 0 Å². The molecule has 250 valence electrons. The first-order valence-electron chi connectivity index (χ1n) is 15.9. The second kappa shape index (κ2) is 13.5. The lowest BCUT2D eigenvalue weighted by Crippen LogP contribution is -2.31. The Bertz CT molecular complexity index is 2010. The van der Waals surface area contributed by atoms with Crippen molar-refractivity contribution in [3.8, 4) is 11.5 Å². The Morgan fingerprint density at radius 1 is 0.653 bits per heavy atom. The lowest BCUT2D eigenvalue weighted by atomic mass is 9.95. The quantitative estimate of drug-likeness (QED) is 0.0928. The van der Waals surface area contributed by atoms with Crippen molar-refractivity contribution in [2.75, 3.05) is 34.6 Å². The van der Waals surface area contributed by atoms with Crippen LogP contribution in [0.1, 0.15) is 46.6 Å². The zero-order chi connectivity index (χ0) is 34.4. The summed E-state index contributed by atoms with van der Waals surface area (Å²) in [5.74, 6) is 0.219. The third kappa shape index (κ3) is 6.16. The minimum Gasteiger partial charge on any atom is -0.426 e. The van der Waals surface area contributed by atoms with Gasteiger partial charge in [-0.25, -0.2) is 0 Å². The topological polar surface area (TPSA) is 93.2 Å². The van der Waals surface area contributed by atoms with Gasteiger partial charge in [-0.3, -0.25) is 19.2 Å². The van der Waals surface area contributed by atoms with Gasteiger partial charge in [0.25, 0.3) is 0 Å². The molecule has 5 aromatic rings. The molecular formula is C38H32Cl2N2O6S. The van der Waals surface area contributed by atoms with Gasteiger partial charge in [-0.2, -0.15) is 0 Å². The van der Waals surface area contributed by atoms with Crippen LogP contribution in [0.4, 0.5) is 11.4 Å². The summed E-state index contributed by atoms with van der Waals surface area (Å²) in [7, 11) is 0. The highest BCUT2D eigenvalue weighted by molar-refractivity contribution is 7.12. The summed E-state index contributed by atoms with van der Waals surface area (Å²) >= 11 is 14.3. The molecule has 0 aliphatic carbocycles. The van der Waals surface area contributed by atoms with Crippen molar-refractivity contribution in [3.63, 3.8) is 0 Å². The number of alkyl halides is 2. The van der Waals surface area contributed by atoms with Gasteiger partial charge in [0.2, 0.25) is 11.8 Å². The zero-order valence-corrected chi connectivity index (χ0v) is 29.2. The minimum atomic E-state index is -0.440. The summed E-state index contributed by atoms with van der Waals surface area (Å²) < 4.78 is 11.1. The molecule has 0 fully saturated rings. The predicted molar refractivity (Wildman–Crippen MR) is 194 cm³/mol. The second-order valence-corrected chi connectivity index (χ2v) is 14.2. The first-order chi connectivity index (χ1) is 23.7. The van der Waals surface area contributed by atoms with E-state index in [1.165, 1.54) is 25.2 Å². The summed E-state index contributed by atoms with van der Waals surface area (Å²) in [6.45, 7) is 3.54. The van der Waals surface area contributed by atoms with E-state index in [0.29, 0.717) is 47.7 Å². The van der Waals surface area contributed by atoms with E-state index in [1.807, 2.05) is 60.7 Å². The maximum absolute atomic E-state index is 13.8. The van der Waals surface area contributed by atoms with E-state index in [9.17, 15) is 19.2 Å². The van der Waals surface area contributed by atoms with Crippen LogP contribution < -0.4 is 19.3 Å². The highest BCUT2D eigenvalue weighted by Crippen LogP contribution is 2.47. The summed E-state index contributed by atoms with van der Waals surface area (Å²) in [4.78, 5) is 56.6. The number of amides is 2. The van der Waals surface area contributed by atoms with Crippen LogP contribution in [0.25, 0.3) is 21.5 Å². The SMILES string of the molecule is CC(=O)Oc1cc2c(c3ccccc13)C(CCl)CN2C(=O)Cc1ccc(CC(=O)N2CC(CCl)c3c2cc(OC(C)=O)c2ccccc32)s1. The van der Waals surface area contributed by atoms with Gasteiger partial charge in [0, 0.05) is 83.2 Å². The normalized spacial score (nSPS) is 16.6. The van der Waals surface area contributed by atoms with Crippen molar-refractivity contribution in [2.24, 2.45) is 0 Å². The molecule has 49 heavy (non-hydrogen) atoms. The maximum Gasteiger partial charge on any atom is 0.308 e. The molecule has 3 heterocycles. The van der Waals surface area contributed by atoms with Gasteiger partial charge in [-0.15, -0.1) is 34.5 Å². The first kappa shape index (κ1) is 33.1. The third-order valence-corrected chi connectivity index (χ3v) is 10.9. The molecule has 8 nitrogen and oxygen atoms in total. The molecule has 0 saturated heterocycles. The standard InChI is InChI=1S/C38H32Cl2N2O6S/c1-21(43)47-33-15-31-37(29-9-5-3-7-27(29)33)23(17-39)19-41(31)35(45)13-25-11-12-26(49-25)14-36(46)42-20-24(18-40)38-30-10-6-4-8-28(30)34(16-32(38)42)48-22(2)44/h3-12,15-16,23-24H,13-14,17-20H2,1-2H3. The van der Waals surface area contributed by atoms with Crippen LogP contribution in [-0.4, -0.2) is 48.6 Å². The predicted octanol–water partition coefficient (Wildman–Crippen LogP) is 7.73. The smallest absolute Gasteiger partial charge is 0.308 e. The zero-order valence-electron chi connectivity index (χ0n) is 26.8. The number of rotatable bonds is 8. The molecule has 0 N–H and O–H groups in total. The van der Waals surface area contributed by atoms with Crippen LogP contribution >= 0.6 is 34.5 Å². The Morgan fingerprint density at radius 2 is 1.04 bits per heavy atom. The van der Waals surface area contributed by atoms with Gasteiger partial charge in [0.1, 0.15) is 11.5 Å². The van der Waals surface area contributed by atoms with E-state index in [0.717, 1.165) is 42.4 Å². The minimum absolute atomic E-state index is 0.0768. The second-order valence-electron chi connectivity index (χ2n) is 12.3. The van der Waals surface area contributed by atoms with Crippen molar-refractivity contribution in [1.82, 2.24) is 0 Å². The highest BCUT2D eigenvalue weighted by atomic mass is 35.5. The van der Waals surface area contributed by atoms with Gasteiger partial charge >= 0.3 is 11.9 Å². The van der Waals surface area contributed by atoms with Crippen LogP contribution in [0.3, 0.4) is 0 Å². The lowest BCUT2D eigenvalue weighted by molar-refractivity contribution is -0.132. The van der Waals surface area contributed by atoms with Crippen LogP contribution in [0.15, 0.2) is 72.8 Å². The molecule has 2 aliphatic rings. The van der Waals surface area contributed by atoms with Gasteiger partial charge in [-0.1, -0.05) is 48.5 Å². The molecule has 2 unspecified atom stereocenters. The molecule has 0 radical (unpaired) electrons. The van der Waals surface area contributed by atoms with Gasteiger partial charge in [0.05, 0.1) is 24.2 Å². The third-order valence-electron chi connectivity index (χ3n) is 9.11. The summed E-state index contributed by atoms with van der Waals surface area (Å²) in [5, 5.41) is 3.40. The molecule has 11 heteroatoms. The van der Waals surface area contributed by atoms with E-state index < -0.39 is 11.9 Å². The van der Waals surface area contributed by atoms with Gasteiger partial charge in [0.15, 0.2) is 0 Å². The summed E-state index contributed by atoms with van der Waals surface area (Å²) in [6, 6.07) is 22.6. The molecule has 0 spiro atoms. The molecule has 0 saturated carbocycles. The number of benzene rings is 4. The van der Waals surface area contributed by atoms with E-state index in [-0.39, 0.29) is 36.5 Å². The summed E-state index contributed by atoms with van der Waals surface area (Å²) in [6.07, 6.45) is 0.281. The number of fused-ring (bicyclic) bond motifs is 6. The molecule has 2 amide bonds. The molecule has 7 rings (SSSR count). The van der Waals surface area contributed by atoms with E-state index in [1.54, 1.807) is 21.9 Å². The monoisotopic (exact) mass is 714 g/mol. The lowest BCUT2D eigenvalue weighted by Gasteiger charge is -2.19. The van der Waals surface area contributed by atoms with Crippen molar-refractivity contribution in [1.29, 1.82) is 0 Å². The number of anilines is 2. The van der Waals surface area contributed by atoms with Crippen molar-refractivity contribution < 1.29 is 28.7 Å². The fourth-order valence-electron chi connectivity index (χ4n) is 7.13. The van der Waals surface area contributed by atoms with E-state index >= 15 is 0 Å².